The SMILES string of the molecule is O=C(CS(=O)(=O)O)Oc1ccc(Cl)cc1I. The average molecular weight is 377 g/mol. The van der Waals surface area contributed by atoms with E-state index in [0.717, 1.165) is 0 Å². The molecule has 0 amide bonds. The Bertz CT molecular complexity index is 513. The fraction of sp³-hybridized carbons (Fsp3) is 0.125. The van der Waals surface area contributed by atoms with Crippen LogP contribution >= 0.6 is 34.2 Å². The first-order chi connectivity index (χ1) is 7.28. The van der Waals surface area contributed by atoms with Gasteiger partial charge in [0.05, 0.1) is 3.57 Å². The second kappa shape index (κ2) is 5.30. The van der Waals surface area contributed by atoms with Crippen molar-refractivity contribution >= 4 is 50.3 Å². The lowest BCUT2D eigenvalue weighted by Gasteiger charge is -2.05. The first-order valence-corrected chi connectivity index (χ1v) is 6.95. The Balaban J connectivity index is 2.78. The molecule has 88 valence electrons. The molecule has 0 spiro atoms. The third-order valence-corrected chi connectivity index (χ3v) is 3.10. The van der Waals surface area contributed by atoms with Crippen molar-refractivity contribution in [1.29, 1.82) is 0 Å². The molecule has 8 heteroatoms. The molecule has 0 saturated carbocycles. The zero-order valence-electron chi connectivity index (χ0n) is 7.68. The summed E-state index contributed by atoms with van der Waals surface area (Å²) >= 11 is 7.56. The van der Waals surface area contributed by atoms with E-state index in [2.05, 4.69) is 0 Å². The number of rotatable bonds is 3. The van der Waals surface area contributed by atoms with Crippen LogP contribution in [0.2, 0.25) is 5.02 Å². The molecule has 0 unspecified atom stereocenters. The maximum Gasteiger partial charge on any atom is 0.329 e. The molecule has 0 aliphatic carbocycles. The molecule has 0 aliphatic heterocycles. The molecule has 1 rings (SSSR count). The fourth-order valence-electron chi connectivity index (χ4n) is 0.859. The third-order valence-electron chi connectivity index (χ3n) is 1.42. The Morgan fingerprint density at radius 1 is 1.50 bits per heavy atom. The molecule has 0 atom stereocenters. The predicted molar refractivity (Wildman–Crippen MR) is 66.2 cm³/mol. The molecular formula is C8H6ClIO5S. The van der Waals surface area contributed by atoms with Gasteiger partial charge in [-0.2, -0.15) is 8.42 Å². The highest BCUT2D eigenvalue weighted by atomic mass is 127. The van der Waals surface area contributed by atoms with Crippen molar-refractivity contribution in [3.63, 3.8) is 0 Å². The largest absolute Gasteiger partial charge is 0.425 e. The topological polar surface area (TPSA) is 80.7 Å². The van der Waals surface area contributed by atoms with Crippen molar-refractivity contribution in [3.05, 3.63) is 26.8 Å². The van der Waals surface area contributed by atoms with E-state index in [9.17, 15) is 13.2 Å². The molecule has 1 N–H and O–H groups in total. The smallest absolute Gasteiger partial charge is 0.329 e. The molecular weight excluding hydrogens is 371 g/mol. The molecule has 5 nitrogen and oxygen atoms in total. The van der Waals surface area contributed by atoms with Gasteiger partial charge in [-0.1, -0.05) is 11.6 Å². The maximum atomic E-state index is 11.1. The van der Waals surface area contributed by atoms with E-state index >= 15 is 0 Å². The Morgan fingerprint density at radius 3 is 2.62 bits per heavy atom. The molecule has 0 radical (unpaired) electrons. The van der Waals surface area contributed by atoms with E-state index in [4.69, 9.17) is 20.9 Å². The van der Waals surface area contributed by atoms with Crippen LogP contribution in [0.25, 0.3) is 0 Å². The van der Waals surface area contributed by atoms with Gasteiger partial charge in [0.2, 0.25) is 0 Å². The van der Waals surface area contributed by atoms with Crippen LogP contribution in [0.1, 0.15) is 0 Å². The minimum atomic E-state index is -4.37. The number of carbonyl (C=O) groups excluding carboxylic acids is 1. The highest BCUT2D eigenvalue weighted by Gasteiger charge is 2.16. The number of benzene rings is 1. The first kappa shape index (κ1) is 13.7. The quantitative estimate of drug-likeness (QED) is 0.376. The molecule has 0 heterocycles. The Hall–Kier alpha value is -0.380. The monoisotopic (exact) mass is 376 g/mol. The summed E-state index contributed by atoms with van der Waals surface area (Å²) in [7, 11) is -4.37. The van der Waals surface area contributed by atoms with Crippen molar-refractivity contribution in [1.82, 2.24) is 0 Å². The Labute approximate surface area is 111 Å². The lowest BCUT2D eigenvalue weighted by molar-refractivity contribution is -0.131. The molecule has 16 heavy (non-hydrogen) atoms. The zero-order valence-corrected chi connectivity index (χ0v) is 11.4. The number of ether oxygens (including phenoxy) is 1. The average Bonchev–Trinajstić information content (AvgIpc) is 2.06. The van der Waals surface area contributed by atoms with Crippen LogP contribution in [0.4, 0.5) is 0 Å². The number of halogens is 2. The van der Waals surface area contributed by atoms with Crippen LogP contribution in [0.3, 0.4) is 0 Å². The summed E-state index contributed by atoms with van der Waals surface area (Å²) in [5.41, 5.74) is 0. The van der Waals surface area contributed by atoms with Crippen LogP contribution in [0.5, 0.6) is 5.75 Å². The van der Waals surface area contributed by atoms with E-state index in [0.29, 0.717) is 8.59 Å². The molecule has 0 saturated heterocycles. The van der Waals surface area contributed by atoms with Gasteiger partial charge in [0.1, 0.15) is 5.75 Å². The normalized spacial score (nSPS) is 11.2. The van der Waals surface area contributed by atoms with Gasteiger partial charge in [-0.25, -0.2) is 0 Å². The van der Waals surface area contributed by atoms with Crippen LogP contribution in [0, 0.1) is 3.57 Å². The fourth-order valence-corrected chi connectivity index (χ4v) is 2.20. The minimum Gasteiger partial charge on any atom is -0.425 e. The summed E-state index contributed by atoms with van der Waals surface area (Å²) in [6.07, 6.45) is 0. The summed E-state index contributed by atoms with van der Waals surface area (Å²) < 4.78 is 34.5. The third kappa shape index (κ3) is 4.64. The Morgan fingerprint density at radius 2 is 2.12 bits per heavy atom. The van der Waals surface area contributed by atoms with E-state index in [1.54, 1.807) is 6.07 Å². The number of carbonyl (C=O) groups is 1. The summed E-state index contributed by atoms with van der Waals surface area (Å²) in [5.74, 6) is -1.94. The van der Waals surface area contributed by atoms with Crippen molar-refractivity contribution in [3.8, 4) is 5.75 Å². The van der Waals surface area contributed by atoms with E-state index < -0.39 is 21.8 Å². The molecule has 0 aromatic heterocycles. The molecule has 0 bridgehead atoms. The van der Waals surface area contributed by atoms with Gasteiger partial charge < -0.3 is 4.74 Å². The number of esters is 1. The van der Waals surface area contributed by atoms with E-state index in [-0.39, 0.29) is 5.75 Å². The van der Waals surface area contributed by atoms with Crippen LogP contribution < -0.4 is 4.74 Å². The van der Waals surface area contributed by atoms with Gasteiger partial charge in [0, 0.05) is 5.02 Å². The van der Waals surface area contributed by atoms with Gasteiger partial charge in [0.25, 0.3) is 10.1 Å². The molecule has 0 aliphatic rings. The second-order valence-corrected chi connectivity index (χ2v) is 5.83. The van der Waals surface area contributed by atoms with Gasteiger partial charge in [0.15, 0.2) is 5.75 Å². The van der Waals surface area contributed by atoms with Crippen molar-refractivity contribution in [2.24, 2.45) is 0 Å². The minimum absolute atomic E-state index is 0.193. The van der Waals surface area contributed by atoms with Gasteiger partial charge >= 0.3 is 5.97 Å². The lowest BCUT2D eigenvalue weighted by Crippen LogP contribution is -2.20. The van der Waals surface area contributed by atoms with Crippen molar-refractivity contribution in [2.45, 2.75) is 0 Å². The predicted octanol–water partition coefficient (Wildman–Crippen LogP) is 1.74. The van der Waals surface area contributed by atoms with Crippen molar-refractivity contribution < 1.29 is 22.5 Å². The maximum absolute atomic E-state index is 11.1. The lowest BCUT2D eigenvalue weighted by atomic mass is 10.3. The summed E-state index contributed by atoms with van der Waals surface area (Å²) in [5, 5.41) is 0.471. The number of hydrogen-bond donors (Lipinski definition) is 1. The second-order valence-electron chi connectivity index (χ2n) is 2.78. The standard InChI is InChI=1S/C8H6ClIO5S/c9-5-1-2-7(6(10)3-5)15-8(11)4-16(12,13)14/h1-3H,4H2,(H,12,13,14). The summed E-state index contributed by atoms with van der Waals surface area (Å²) in [4.78, 5) is 11.1. The van der Waals surface area contributed by atoms with Crippen LogP contribution in [-0.4, -0.2) is 24.7 Å². The van der Waals surface area contributed by atoms with Gasteiger partial charge in [-0.3, -0.25) is 9.35 Å². The summed E-state index contributed by atoms with van der Waals surface area (Å²) in [6.45, 7) is 0. The number of hydrogen-bond acceptors (Lipinski definition) is 4. The van der Waals surface area contributed by atoms with Crippen molar-refractivity contribution in [2.75, 3.05) is 5.75 Å². The molecule has 1 aromatic carbocycles. The highest BCUT2D eigenvalue weighted by Crippen LogP contribution is 2.24. The highest BCUT2D eigenvalue weighted by molar-refractivity contribution is 14.1. The molecule has 1 aromatic rings. The Kier molecular flexibility index (Phi) is 4.53. The summed E-state index contributed by atoms with van der Waals surface area (Å²) in [6, 6.07) is 4.49. The molecule has 0 fully saturated rings. The van der Waals surface area contributed by atoms with E-state index in [1.807, 2.05) is 22.6 Å². The zero-order chi connectivity index (χ0) is 12.3. The van der Waals surface area contributed by atoms with Crippen LogP contribution in [0.15, 0.2) is 18.2 Å². The van der Waals surface area contributed by atoms with Gasteiger partial charge in [-0.05, 0) is 40.8 Å². The first-order valence-electron chi connectivity index (χ1n) is 3.89. The van der Waals surface area contributed by atoms with E-state index in [1.165, 1.54) is 12.1 Å². The van der Waals surface area contributed by atoms with Gasteiger partial charge in [-0.15, -0.1) is 0 Å². The van der Waals surface area contributed by atoms with Crippen LogP contribution in [-0.2, 0) is 14.9 Å².